The molecule has 1 aromatic carbocycles. The molecule has 3 rings (SSSR count). The molecule has 0 N–H and O–H groups in total. The van der Waals surface area contributed by atoms with Gasteiger partial charge in [-0.15, -0.1) is 0 Å². The lowest BCUT2D eigenvalue weighted by atomic mass is 10.1. The summed E-state index contributed by atoms with van der Waals surface area (Å²) in [6.07, 6.45) is 5.25. The number of benzene rings is 1. The van der Waals surface area contributed by atoms with E-state index in [4.69, 9.17) is 4.74 Å². The monoisotopic (exact) mass is 350 g/mol. The number of imidazole rings is 1. The normalized spacial score (nSPS) is 11.9. The lowest BCUT2D eigenvalue weighted by molar-refractivity contribution is -0.133. The Balaban J connectivity index is 1.78. The Hall–Kier alpha value is -2.99. The lowest BCUT2D eigenvalue weighted by Gasteiger charge is -2.27. The van der Waals surface area contributed by atoms with Gasteiger partial charge in [0.05, 0.1) is 18.3 Å². The Morgan fingerprint density at radius 2 is 1.88 bits per heavy atom. The van der Waals surface area contributed by atoms with Crippen LogP contribution in [0, 0.1) is 0 Å². The van der Waals surface area contributed by atoms with E-state index in [2.05, 4.69) is 9.97 Å². The van der Waals surface area contributed by atoms with Gasteiger partial charge >= 0.3 is 0 Å². The van der Waals surface area contributed by atoms with Crippen molar-refractivity contribution in [2.45, 2.75) is 12.6 Å². The molecule has 0 spiro atoms. The second kappa shape index (κ2) is 8.40. The van der Waals surface area contributed by atoms with Crippen LogP contribution in [0.3, 0.4) is 0 Å². The molecule has 0 unspecified atom stereocenters. The third-order valence-corrected chi connectivity index (χ3v) is 4.27. The molecule has 0 radical (unpaired) electrons. The van der Waals surface area contributed by atoms with Crippen molar-refractivity contribution in [3.8, 4) is 11.4 Å². The minimum Gasteiger partial charge on any atom is -0.382 e. The van der Waals surface area contributed by atoms with Crippen molar-refractivity contribution in [2.75, 3.05) is 20.8 Å². The van der Waals surface area contributed by atoms with E-state index >= 15 is 0 Å². The third-order valence-electron chi connectivity index (χ3n) is 4.27. The molecule has 26 heavy (non-hydrogen) atoms. The summed E-state index contributed by atoms with van der Waals surface area (Å²) in [4.78, 5) is 23.3. The van der Waals surface area contributed by atoms with Crippen LogP contribution in [-0.4, -0.2) is 46.1 Å². The molecule has 0 aliphatic heterocycles. The lowest BCUT2D eigenvalue weighted by Crippen LogP contribution is -2.36. The zero-order chi connectivity index (χ0) is 18.4. The van der Waals surface area contributed by atoms with E-state index in [1.165, 1.54) is 0 Å². The van der Waals surface area contributed by atoms with Gasteiger partial charge in [0.2, 0.25) is 5.91 Å². The molecule has 134 valence electrons. The molecule has 0 saturated carbocycles. The summed E-state index contributed by atoms with van der Waals surface area (Å²) in [5.74, 6) is 0.737. The summed E-state index contributed by atoms with van der Waals surface area (Å²) in [5, 5.41) is 0. The quantitative estimate of drug-likeness (QED) is 0.657. The van der Waals surface area contributed by atoms with E-state index in [1.54, 1.807) is 31.5 Å². The maximum Gasteiger partial charge on any atom is 0.242 e. The standard InChI is InChI=1S/C20H22N4O2/c1-23(18(15-26-2)17-10-6-7-11-21-17)19(25)14-24-13-12-22-20(24)16-8-4-3-5-9-16/h3-13,18H,14-15H2,1-2H3/t18-/m0/s1. The van der Waals surface area contributed by atoms with Crippen molar-refractivity contribution in [2.24, 2.45) is 0 Å². The molecule has 2 aromatic heterocycles. The number of methoxy groups -OCH3 is 1. The molecule has 0 aliphatic rings. The fourth-order valence-corrected chi connectivity index (χ4v) is 2.84. The van der Waals surface area contributed by atoms with E-state index in [0.717, 1.165) is 17.1 Å². The number of carbonyl (C=O) groups is 1. The van der Waals surface area contributed by atoms with E-state index in [-0.39, 0.29) is 18.5 Å². The highest BCUT2D eigenvalue weighted by molar-refractivity contribution is 5.77. The molecule has 6 nitrogen and oxygen atoms in total. The van der Waals surface area contributed by atoms with Gasteiger partial charge in [0.1, 0.15) is 12.4 Å². The smallest absolute Gasteiger partial charge is 0.242 e. The molecule has 3 aromatic rings. The Morgan fingerprint density at radius 1 is 1.12 bits per heavy atom. The first-order valence-corrected chi connectivity index (χ1v) is 8.42. The molecule has 0 bridgehead atoms. The number of pyridine rings is 1. The minimum absolute atomic E-state index is 0.0344. The Bertz CT molecular complexity index is 833. The van der Waals surface area contributed by atoms with Crippen LogP contribution in [-0.2, 0) is 16.1 Å². The van der Waals surface area contributed by atoms with Crippen LogP contribution >= 0.6 is 0 Å². The predicted molar refractivity (Wildman–Crippen MR) is 99.3 cm³/mol. The number of hydrogen-bond acceptors (Lipinski definition) is 4. The number of rotatable bonds is 7. The molecule has 0 fully saturated rings. The van der Waals surface area contributed by atoms with Crippen LogP contribution in [0.5, 0.6) is 0 Å². The zero-order valence-electron chi connectivity index (χ0n) is 14.9. The van der Waals surface area contributed by atoms with Gasteiger partial charge in [-0.3, -0.25) is 9.78 Å². The van der Waals surface area contributed by atoms with Crippen molar-refractivity contribution in [3.63, 3.8) is 0 Å². The molecule has 0 aliphatic carbocycles. The first-order chi connectivity index (χ1) is 12.7. The van der Waals surface area contributed by atoms with Crippen LogP contribution in [0.1, 0.15) is 11.7 Å². The van der Waals surface area contributed by atoms with Gasteiger partial charge in [0, 0.05) is 38.3 Å². The van der Waals surface area contributed by atoms with Crippen LogP contribution in [0.4, 0.5) is 0 Å². The Morgan fingerprint density at radius 3 is 2.58 bits per heavy atom. The van der Waals surface area contributed by atoms with Gasteiger partial charge in [-0.25, -0.2) is 4.98 Å². The molecule has 1 atom stereocenters. The molecular weight excluding hydrogens is 328 g/mol. The van der Waals surface area contributed by atoms with Gasteiger partial charge in [-0.05, 0) is 12.1 Å². The number of amides is 1. The number of ether oxygens (including phenoxy) is 1. The minimum atomic E-state index is -0.239. The van der Waals surface area contributed by atoms with E-state index in [1.807, 2.05) is 59.3 Å². The van der Waals surface area contributed by atoms with E-state index in [0.29, 0.717) is 6.61 Å². The van der Waals surface area contributed by atoms with Crippen molar-refractivity contribution in [3.05, 3.63) is 72.8 Å². The maximum atomic E-state index is 12.9. The zero-order valence-corrected chi connectivity index (χ0v) is 14.9. The topological polar surface area (TPSA) is 60.2 Å². The van der Waals surface area contributed by atoms with E-state index < -0.39 is 0 Å². The highest BCUT2D eigenvalue weighted by Gasteiger charge is 2.23. The number of likely N-dealkylation sites (N-methyl/N-ethyl adjacent to an activating group) is 1. The summed E-state index contributed by atoms with van der Waals surface area (Å²) in [6.45, 7) is 0.586. The van der Waals surface area contributed by atoms with Crippen molar-refractivity contribution < 1.29 is 9.53 Å². The Kier molecular flexibility index (Phi) is 5.76. The van der Waals surface area contributed by atoms with Crippen LogP contribution < -0.4 is 0 Å². The van der Waals surface area contributed by atoms with Gasteiger partial charge < -0.3 is 14.2 Å². The average Bonchev–Trinajstić information content (AvgIpc) is 3.15. The van der Waals surface area contributed by atoms with Crippen molar-refractivity contribution in [1.29, 1.82) is 0 Å². The SMILES string of the molecule is COC[C@@H](c1ccccn1)N(C)C(=O)Cn1ccnc1-c1ccccc1. The first kappa shape index (κ1) is 17.8. The number of aromatic nitrogens is 3. The second-order valence-electron chi connectivity index (χ2n) is 5.98. The average molecular weight is 350 g/mol. The second-order valence-corrected chi connectivity index (χ2v) is 5.98. The molecule has 6 heteroatoms. The third kappa shape index (κ3) is 3.97. The molecule has 1 amide bonds. The van der Waals surface area contributed by atoms with Gasteiger partial charge in [-0.1, -0.05) is 36.4 Å². The van der Waals surface area contributed by atoms with E-state index in [9.17, 15) is 4.79 Å². The van der Waals surface area contributed by atoms with Gasteiger partial charge in [-0.2, -0.15) is 0 Å². The fraction of sp³-hybridized carbons (Fsp3) is 0.250. The number of nitrogens with zero attached hydrogens (tertiary/aromatic N) is 4. The summed E-state index contributed by atoms with van der Waals surface area (Å²) >= 11 is 0. The highest BCUT2D eigenvalue weighted by atomic mass is 16.5. The molecule has 0 saturated heterocycles. The number of hydrogen-bond donors (Lipinski definition) is 0. The Labute approximate surface area is 153 Å². The summed E-state index contributed by atoms with van der Waals surface area (Å²) in [6, 6.07) is 15.3. The van der Waals surface area contributed by atoms with Gasteiger partial charge in [0.15, 0.2) is 0 Å². The fourth-order valence-electron chi connectivity index (χ4n) is 2.84. The largest absolute Gasteiger partial charge is 0.382 e. The van der Waals surface area contributed by atoms with Crippen LogP contribution in [0.2, 0.25) is 0 Å². The van der Waals surface area contributed by atoms with Crippen molar-refractivity contribution >= 4 is 5.91 Å². The predicted octanol–water partition coefficient (Wildman–Crippen LogP) is 2.79. The summed E-state index contributed by atoms with van der Waals surface area (Å²) in [5.41, 5.74) is 1.78. The van der Waals surface area contributed by atoms with Crippen LogP contribution in [0.25, 0.3) is 11.4 Å². The highest BCUT2D eigenvalue weighted by Crippen LogP contribution is 2.20. The van der Waals surface area contributed by atoms with Crippen molar-refractivity contribution in [1.82, 2.24) is 19.4 Å². The molecule has 2 heterocycles. The summed E-state index contributed by atoms with van der Waals surface area (Å²) in [7, 11) is 3.40. The first-order valence-electron chi connectivity index (χ1n) is 8.42. The van der Waals surface area contributed by atoms with Gasteiger partial charge in [0.25, 0.3) is 0 Å². The number of carbonyl (C=O) groups excluding carboxylic acids is 1. The molecular formula is C20H22N4O2. The summed E-state index contributed by atoms with van der Waals surface area (Å²) < 4.78 is 7.16. The maximum absolute atomic E-state index is 12.9. The van der Waals surface area contributed by atoms with Crippen LogP contribution in [0.15, 0.2) is 67.1 Å².